The molecule has 8 nitrogen and oxygen atoms in total. The summed E-state index contributed by atoms with van der Waals surface area (Å²) in [4.78, 5) is 35.7. The first-order valence-corrected chi connectivity index (χ1v) is 9.70. The van der Waals surface area contributed by atoms with Crippen LogP contribution in [0.1, 0.15) is 17.3 Å². The number of rotatable bonds is 8. The summed E-state index contributed by atoms with van der Waals surface area (Å²) >= 11 is 0. The Hall–Kier alpha value is -4.33. The van der Waals surface area contributed by atoms with Crippen molar-refractivity contribution in [3.63, 3.8) is 0 Å². The fraction of sp³-hybridized carbons (Fsp3) is 0.125. The molecule has 32 heavy (non-hydrogen) atoms. The monoisotopic (exact) mass is 434 g/mol. The zero-order valence-corrected chi connectivity index (χ0v) is 17.6. The van der Waals surface area contributed by atoms with Gasteiger partial charge < -0.3 is 24.8 Å². The predicted molar refractivity (Wildman–Crippen MR) is 119 cm³/mol. The molecule has 3 rings (SSSR count). The zero-order valence-electron chi connectivity index (χ0n) is 17.6. The highest BCUT2D eigenvalue weighted by Crippen LogP contribution is 2.25. The van der Waals surface area contributed by atoms with Gasteiger partial charge in [0.05, 0.1) is 7.11 Å². The Labute approximate surface area is 185 Å². The second kappa shape index (κ2) is 10.6. The first-order chi connectivity index (χ1) is 15.4. The Morgan fingerprint density at radius 2 is 1.47 bits per heavy atom. The number of anilines is 2. The molecule has 2 amide bonds. The lowest BCUT2D eigenvalue weighted by atomic mass is 10.2. The van der Waals surface area contributed by atoms with Crippen LogP contribution in [0.2, 0.25) is 0 Å². The van der Waals surface area contributed by atoms with E-state index in [4.69, 9.17) is 14.2 Å². The number of nitrogens with one attached hydrogen (secondary N) is 2. The van der Waals surface area contributed by atoms with Gasteiger partial charge in [-0.2, -0.15) is 0 Å². The van der Waals surface area contributed by atoms with E-state index in [1.807, 2.05) is 6.07 Å². The molecule has 0 aromatic heterocycles. The van der Waals surface area contributed by atoms with Gasteiger partial charge in [-0.05, 0) is 54.6 Å². The molecule has 0 atom stereocenters. The minimum absolute atomic E-state index is 0.183. The van der Waals surface area contributed by atoms with Crippen molar-refractivity contribution in [2.45, 2.75) is 6.92 Å². The van der Waals surface area contributed by atoms with Gasteiger partial charge in [-0.15, -0.1) is 0 Å². The van der Waals surface area contributed by atoms with Gasteiger partial charge in [-0.3, -0.25) is 14.4 Å². The second-order valence-electron chi connectivity index (χ2n) is 6.64. The molecule has 0 saturated carbocycles. The lowest BCUT2D eigenvalue weighted by Crippen LogP contribution is -2.20. The van der Waals surface area contributed by atoms with E-state index in [2.05, 4.69) is 10.6 Å². The summed E-state index contributed by atoms with van der Waals surface area (Å²) in [6.07, 6.45) is 0. The minimum Gasteiger partial charge on any atom is -0.493 e. The van der Waals surface area contributed by atoms with Crippen molar-refractivity contribution in [3.8, 4) is 17.2 Å². The van der Waals surface area contributed by atoms with Crippen LogP contribution in [0.3, 0.4) is 0 Å². The molecule has 0 unspecified atom stereocenters. The highest BCUT2D eigenvalue weighted by Gasteiger charge is 2.10. The van der Waals surface area contributed by atoms with Gasteiger partial charge in [-0.1, -0.05) is 18.2 Å². The smallest absolute Gasteiger partial charge is 0.308 e. The first-order valence-electron chi connectivity index (χ1n) is 9.70. The van der Waals surface area contributed by atoms with E-state index in [0.29, 0.717) is 34.2 Å². The summed E-state index contributed by atoms with van der Waals surface area (Å²) < 4.78 is 15.7. The number of carbonyl (C=O) groups is 3. The number of benzene rings is 3. The first kappa shape index (κ1) is 22.4. The topological polar surface area (TPSA) is 103 Å². The number of amides is 2. The summed E-state index contributed by atoms with van der Waals surface area (Å²) in [5, 5.41) is 5.47. The van der Waals surface area contributed by atoms with Gasteiger partial charge in [0.15, 0.2) is 18.1 Å². The van der Waals surface area contributed by atoms with Crippen LogP contribution in [0.5, 0.6) is 17.2 Å². The van der Waals surface area contributed by atoms with E-state index >= 15 is 0 Å². The van der Waals surface area contributed by atoms with Crippen LogP contribution in [0, 0.1) is 0 Å². The summed E-state index contributed by atoms with van der Waals surface area (Å²) in [6.45, 7) is 1.11. The van der Waals surface area contributed by atoms with Crippen LogP contribution in [-0.4, -0.2) is 31.5 Å². The van der Waals surface area contributed by atoms with Crippen molar-refractivity contribution in [3.05, 3.63) is 78.4 Å². The Morgan fingerprint density at radius 1 is 0.812 bits per heavy atom. The number of hydrogen-bond acceptors (Lipinski definition) is 6. The molecule has 2 N–H and O–H groups in total. The Kier molecular flexibility index (Phi) is 7.42. The molecule has 0 fully saturated rings. The highest BCUT2D eigenvalue weighted by molar-refractivity contribution is 6.04. The van der Waals surface area contributed by atoms with Crippen molar-refractivity contribution < 1.29 is 28.6 Å². The SMILES string of the molecule is COc1ccccc1OCC(=O)Nc1ccc(NC(=O)c2cccc(OC(C)=O)c2)cc1. The fourth-order valence-electron chi connectivity index (χ4n) is 2.79. The van der Waals surface area contributed by atoms with Gasteiger partial charge in [0.25, 0.3) is 11.8 Å². The average Bonchev–Trinajstić information content (AvgIpc) is 2.79. The second-order valence-corrected chi connectivity index (χ2v) is 6.64. The van der Waals surface area contributed by atoms with Crippen molar-refractivity contribution in [2.24, 2.45) is 0 Å². The third kappa shape index (κ3) is 6.33. The van der Waals surface area contributed by atoms with Crippen molar-refractivity contribution in [2.75, 3.05) is 24.4 Å². The Bertz CT molecular complexity index is 1110. The molecule has 164 valence electrons. The maximum absolute atomic E-state index is 12.4. The standard InChI is InChI=1S/C24H22N2O6/c1-16(27)32-20-7-5-6-17(14-20)24(29)26-19-12-10-18(11-13-19)25-23(28)15-31-22-9-4-3-8-21(22)30-2/h3-14H,15H2,1-2H3,(H,25,28)(H,26,29). The van der Waals surface area contributed by atoms with Crippen molar-refractivity contribution in [1.29, 1.82) is 0 Å². The van der Waals surface area contributed by atoms with E-state index in [1.54, 1.807) is 60.7 Å². The van der Waals surface area contributed by atoms with Crippen molar-refractivity contribution >= 4 is 29.2 Å². The van der Waals surface area contributed by atoms with Crippen LogP contribution in [-0.2, 0) is 9.59 Å². The van der Waals surface area contributed by atoms with Gasteiger partial charge in [0.2, 0.25) is 0 Å². The summed E-state index contributed by atoms with van der Waals surface area (Å²) in [6, 6.07) is 20.0. The molecule has 0 aliphatic heterocycles. The number of ether oxygens (including phenoxy) is 3. The molecule has 3 aromatic rings. The normalized spacial score (nSPS) is 10.1. The molecule has 0 bridgehead atoms. The molecule has 0 spiro atoms. The van der Waals surface area contributed by atoms with Crippen LogP contribution in [0.25, 0.3) is 0 Å². The summed E-state index contributed by atoms with van der Waals surface area (Å²) in [5.74, 6) is 0.141. The summed E-state index contributed by atoms with van der Waals surface area (Å²) in [5.41, 5.74) is 1.43. The largest absolute Gasteiger partial charge is 0.493 e. The molecule has 3 aromatic carbocycles. The van der Waals surface area contributed by atoms with Gasteiger partial charge >= 0.3 is 5.97 Å². The average molecular weight is 434 g/mol. The number of carbonyl (C=O) groups excluding carboxylic acids is 3. The molecule has 0 saturated heterocycles. The van der Waals surface area contributed by atoms with E-state index in [0.717, 1.165) is 0 Å². The molecular formula is C24H22N2O6. The maximum atomic E-state index is 12.4. The lowest BCUT2D eigenvalue weighted by molar-refractivity contribution is -0.131. The predicted octanol–water partition coefficient (Wildman–Crippen LogP) is 3.89. The molecule has 8 heteroatoms. The van der Waals surface area contributed by atoms with E-state index in [1.165, 1.54) is 20.1 Å². The third-order valence-electron chi connectivity index (χ3n) is 4.21. The molecular weight excluding hydrogens is 412 g/mol. The Balaban J connectivity index is 1.54. The fourth-order valence-corrected chi connectivity index (χ4v) is 2.79. The maximum Gasteiger partial charge on any atom is 0.308 e. The minimum atomic E-state index is -0.464. The van der Waals surface area contributed by atoms with Gasteiger partial charge in [0, 0.05) is 23.9 Å². The lowest BCUT2D eigenvalue weighted by Gasteiger charge is -2.11. The highest BCUT2D eigenvalue weighted by atomic mass is 16.5. The van der Waals surface area contributed by atoms with Gasteiger partial charge in [-0.25, -0.2) is 0 Å². The number of para-hydroxylation sites is 2. The summed E-state index contributed by atoms with van der Waals surface area (Å²) in [7, 11) is 1.53. The number of esters is 1. The van der Waals surface area contributed by atoms with E-state index in [-0.39, 0.29) is 18.4 Å². The van der Waals surface area contributed by atoms with Crippen molar-refractivity contribution in [1.82, 2.24) is 0 Å². The van der Waals surface area contributed by atoms with Crippen LogP contribution >= 0.6 is 0 Å². The van der Waals surface area contributed by atoms with Gasteiger partial charge in [0.1, 0.15) is 5.75 Å². The van der Waals surface area contributed by atoms with Crippen LogP contribution < -0.4 is 24.8 Å². The van der Waals surface area contributed by atoms with Crippen LogP contribution in [0.15, 0.2) is 72.8 Å². The molecule has 0 heterocycles. The third-order valence-corrected chi connectivity index (χ3v) is 4.21. The number of methoxy groups -OCH3 is 1. The Morgan fingerprint density at radius 3 is 2.12 bits per heavy atom. The van der Waals surface area contributed by atoms with E-state index < -0.39 is 5.97 Å². The molecule has 0 aliphatic carbocycles. The van der Waals surface area contributed by atoms with Crippen LogP contribution in [0.4, 0.5) is 11.4 Å². The zero-order chi connectivity index (χ0) is 22.9. The van der Waals surface area contributed by atoms with E-state index in [9.17, 15) is 14.4 Å². The molecule has 0 aliphatic rings. The number of hydrogen-bond donors (Lipinski definition) is 2. The quantitative estimate of drug-likeness (QED) is 0.412. The molecule has 0 radical (unpaired) electrons.